The summed E-state index contributed by atoms with van der Waals surface area (Å²) in [7, 11) is -3.70. The molecule has 7 heteroatoms. The fourth-order valence-corrected chi connectivity index (χ4v) is 3.90. The van der Waals surface area contributed by atoms with Crippen LogP contribution >= 0.6 is 11.3 Å². The van der Waals surface area contributed by atoms with Crippen LogP contribution in [0.2, 0.25) is 0 Å². The highest BCUT2D eigenvalue weighted by Crippen LogP contribution is 2.30. The maximum absolute atomic E-state index is 11.5. The smallest absolute Gasteiger partial charge is 0.238 e. The molecule has 0 aliphatic rings. The molecule has 1 heterocycles. The van der Waals surface area contributed by atoms with E-state index in [4.69, 9.17) is 5.14 Å². The fourth-order valence-electron chi connectivity index (χ4n) is 2.41. The van der Waals surface area contributed by atoms with E-state index < -0.39 is 10.0 Å². The number of hydrogen-bond acceptors (Lipinski definition) is 5. The molecular weight excluding hydrogens is 330 g/mol. The largest absolute Gasteiger partial charge is 0.355 e. The Morgan fingerprint density at radius 3 is 2.70 bits per heavy atom. The maximum atomic E-state index is 11.5. The first kappa shape index (κ1) is 15.9. The second-order valence-corrected chi connectivity index (χ2v) is 7.80. The first-order valence-corrected chi connectivity index (χ1v) is 9.58. The van der Waals surface area contributed by atoms with Crippen LogP contribution in [0.5, 0.6) is 0 Å². The minimum atomic E-state index is -3.70. The predicted octanol–water partition coefficient (Wildman–Crippen LogP) is 3.51. The Bertz CT molecular complexity index is 902. The lowest BCUT2D eigenvalue weighted by molar-refractivity contribution is 0.597. The molecule has 1 unspecified atom stereocenters. The summed E-state index contributed by atoms with van der Waals surface area (Å²) in [5.74, 6) is 0. The van der Waals surface area contributed by atoms with Crippen LogP contribution in [0.3, 0.4) is 0 Å². The standard InChI is InChI=1S/C16H17N3O2S2/c1-2-13(11-6-5-7-12(10-11)23(17,20)21)18-16-19-14-8-3-4-9-15(14)22-16/h3-10,13H,2H2,1H3,(H,18,19)(H2,17,20,21). The van der Waals surface area contributed by atoms with Crippen LogP contribution in [0.4, 0.5) is 5.13 Å². The summed E-state index contributed by atoms with van der Waals surface area (Å²) in [5.41, 5.74) is 1.83. The van der Waals surface area contributed by atoms with Crippen LogP contribution < -0.4 is 10.5 Å². The summed E-state index contributed by atoms with van der Waals surface area (Å²) in [6.45, 7) is 2.04. The minimum absolute atomic E-state index is 0.0303. The molecule has 0 amide bonds. The number of para-hydroxylation sites is 1. The van der Waals surface area contributed by atoms with Gasteiger partial charge in [-0.15, -0.1) is 0 Å². The number of sulfonamides is 1. The Labute approximate surface area is 139 Å². The van der Waals surface area contributed by atoms with Gasteiger partial charge in [0.2, 0.25) is 10.0 Å². The number of aromatic nitrogens is 1. The van der Waals surface area contributed by atoms with Gasteiger partial charge in [0.05, 0.1) is 21.2 Å². The van der Waals surface area contributed by atoms with Crippen LogP contribution in [0, 0.1) is 0 Å². The zero-order valence-corrected chi connectivity index (χ0v) is 14.2. The normalized spacial score (nSPS) is 13.1. The van der Waals surface area contributed by atoms with Crippen LogP contribution in [0.25, 0.3) is 10.2 Å². The lowest BCUT2D eigenvalue weighted by Gasteiger charge is -2.17. The first-order valence-electron chi connectivity index (χ1n) is 7.22. The number of nitrogens with one attached hydrogen (secondary N) is 1. The Morgan fingerprint density at radius 2 is 2.00 bits per heavy atom. The van der Waals surface area contributed by atoms with Gasteiger partial charge >= 0.3 is 0 Å². The second kappa shape index (κ2) is 6.27. The third-order valence-electron chi connectivity index (χ3n) is 3.59. The van der Waals surface area contributed by atoms with Gasteiger partial charge in [0.1, 0.15) is 0 Å². The van der Waals surface area contributed by atoms with Gasteiger partial charge in [-0.25, -0.2) is 18.5 Å². The molecule has 5 nitrogen and oxygen atoms in total. The number of rotatable bonds is 5. The molecule has 0 spiro atoms. The molecule has 0 fully saturated rings. The molecule has 3 aromatic rings. The molecule has 3 N–H and O–H groups in total. The van der Waals surface area contributed by atoms with E-state index in [1.807, 2.05) is 37.3 Å². The molecule has 1 atom stereocenters. The van der Waals surface area contributed by atoms with E-state index in [9.17, 15) is 8.42 Å². The van der Waals surface area contributed by atoms with Crippen LogP contribution in [0.1, 0.15) is 24.9 Å². The summed E-state index contributed by atoms with van der Waals surface area (Å²) < 4.78 is 24.2. The van der Waals surface area contributed by atoms with Crippen molar-refractivity contribution >= 4 is 36.7 Å². The molecule has 0 aliphatic carbocycles. The Kier molecular flexibility index (Phi) is 4.34. The number of thiazole rings is 1. The van der Waals surface area contributed by atoms with Gasteiger partial charge in [-0.1, -0.05) is 42.5 Å². The Balaban J connectivity index is 1.90. The van der Waals surface area contributed by atoms with Crippen molar-refractivity contribution in [1.82, 2.24) is 4.98 Å². The molecule has 1 aromatic heterocycles. The summed E-state index contributed by atoms with van der Waals surface area (Å²) in [4.78, 5) is 4.69. The van der Waals surface area contributed by atoms with Gasteiger partial charge in [0, 0.05) is 0 Å². The Morgan fingerprint density at radius 1 is 1.22 bits per heavy atom. The third-order valence-corrected chi connectivity index (χ3v) is 5.47. The van der Waals surface area contributed by atoms with Crippen LogP contribution in [0.15, 0.2) is 53.4 Å². The molecule has 3 rings (SSSR count). The third kappa shape index (κ3) is 3.52. The number of anilines is 1. The quantitative estimate of drug-likeness (QED) is 0.739. The van der Waals surface area contributed by atoms with Crippen molar-refractivity contribution in [3.63, 3.8) is 0 Å². The zero-order chi connectivity index (χ0) is 16.4. The van der Waals surface area contributed by atoms with Crippen molar-refractivity contribution in [2.24, 2.45) is 5.14 Å². The molecule has 0 radical (unpaired) electrons. The van der Waals surface area contributed by atoms with Crippen molar-refractivity contribution < 1.29 is 8.42 Å². The molecule has 23 heavy (non-hydrogen) atoms. The highest BCUT2D eigenvalue weighted by molar-refractivity contribution is 7.89. The molecule has 120 valence electrons. The van der Waals surface area contributed by atoms with Crippen molar-refractivity contribution in [3.05, 3.63) is 54.1 Å². The van der Waals surface area contributed by atoms with Crippen molar-refractivity contribution in [2.75, 3.05) is 5.32 Å². The average molecular weight is 347 g/mol. The molecule has 0 saturated carbocycles. The van der Waals surface area contributed by atoms with Gasteiger partial charge in [-0.2, -0.15) is 0 Å². The summed E-state index contributed by atoms with van der Waals surface area (Å²) >= 11 is 1.58. The van der Waals surface area contributed by atoms with E-state index in [2.05, 4.69) is 10.3 Å². The van der Waals surface area contributed by atoms with Gasteiger partial charge in [0.25, 0.3) is 0 Å². The van der Waals surface area contributed by atoms with E-state index in [0.717, 1.165) is 27.3 Å². The number of hydrogen-bond donors (Lipinski definition) is 2. The summed E-state index contributed by atoms with van der Waals surface area (Å²) in [6, 6.07) is 14.6. The van der Waals surface area contributed by atoms with E-state index in [0.29, 0.717) is 0 Å². The van der Waals surface area contributed by atoms with E-state index in [1.54, 1.807) is 23.5 Å². The zero-order valence-electron chi connectivity index (χ0n) is 12.6. The van der Waals surface area contributed by atoms with Gasteiger partial charge in [0.15, 0.2) is 5.13 Å². The average Bonchev–Trinajstić information content (AvgIpc) is 2.94. The topological polar surface area (TPSA) is 85.1 Å². The number of fused-ring (bicyclic) bond motifs is 1. The van der Waals surface area contributed by atoms with Gasteiger partial charge < -0.3 is 5.32 Å². The number of primary sulfonamides is 1. The lowest BCUT2D eigenvalue weighted by atomic mass is 10.1. The van der Waals surface area contributed by atoms with E-state index in [1.165, 1.54) is 6.07 Å². The first-order chi connectivity index (χ1) is 11.0. The fraction of sp³-hybridized carbons (Fsp3) is 0.188. The summed E-state index contributed by atoms with van der Waals surface area (Å²) in [6.07, 6.45) is 0.796. The van der Waals surface area contributed by atoms with Crippen LogP contribution in [-0.2, 0) is 10.0 Å². The van der Waals surface area contributed by atoms with E-state index >= 15 is 0 Å². The Hall–Kier alpha value is -1.96. The molecular formula is C16H17N3O2S2. The van der Waals surface area contributed by atoms with Gasteiger partial charge in [-0.3, -0.25) is 0 Å². The van der Waals surface area contributed by atoms with Gasteiger partial charge in [-0.05, 0) is 36.2 Å². The van der Waals surface area contributed by atoms with Crippen molar-refractivity contribution in [3.8, 4) is 0 Å². The SMILES string of the molecule is CCC(Nc1nc2ccccc2s1)c1cccc(S(N)(=O)=O)c1. The number of benzene rings is 2. The molecule has 0 bridgehead atoms. The van der Waals surface area contributed by atoms with Crippen LogP contribution in [-0.4, -0.2) is 13.4 Å². The van der Waals surface area contributed by atoms with Crippen molar-refractivity contribution in [1.29, 1.82) is 0 Å². The molecule has 2 aromatic carbocycles. The minimum Gasteiger partial charge on any atom is -0.355 e. The predicted molar refractivity (Wildman–Crippen MR) is 94.1 cm³/mol. The number of nitrogens with two attached hydrogens (primary N) is 1. The highest BCUT2D eigenvalue weighted by Gasteiger charge is 2.15. The monoisotopic (exact) mass is 347 g/mol. The van der Waals surface area contributed by atoms with E-state index in [-0.39, 0.29) is 10.9 Å². The maximum Gasteiger partial charge on any atom is 0.238 e. The number of nitrogens with zero attached hydrogens (tertiary/aromatic N) is 1. The molecule has 0 saturated heterocycles. The second-order valence-electron chi connectivity index (χ2n) is 5.21. The summed E-state index contributed by atoms with van der Waals surface area (Å²) in [5, 5.41) is 9.42. The van der Waals surface area contributed by atoms with Crippen molar-refractivity contribution in [2.45, 2.75) is 24.3 Å². The highest BCUT2D eigenvalue weighted by atomic mass is 32.2. The lowest BCUT2D eigenvalue weighted by Crippen LogP contribution is -2.14. The molecule has 0 aliphatic heterocycles.